The van der Waals surface area contributed by atoms with Crippen molar-refractivity contribution in [2.45, 2.75) is 20.4 Å². The van der Waals surface area contributed by atoms with Gasteiger partial charge in [-0.25, -0.2) is 0 Å². The third-order valence-corrected chi connectivity index (χ3v) is 4.55. The quantitative estimate of drug-likeness (QED) is 0.641. The number of aromatic nitrogens is 4. The Hall–Kier alpha value is -2.16. The third kappa shape index (κ3) is 3.50. The number of hydrogen-bond acceptors (Lipinski definition) is 3. The van der Waals surface area contributed by atoms with Gasteiger partial charge in [0.15, 0.2) is 0 Å². The molecule has 0 spiro atoms. The SMILES string of the molecule is Cc1cc(C)n(Cc2ccc(NC(=O)c3c(I)cnn3C)cc2)n1. The standard InChI is InChI=1S/C17H18IN5O/c1-11-8-12(2)23(21-11)10-13-4-6-14(7-5-13)20-17(24)16-15(18)9-19-22(16)3/h4-9H,10H2,1-3H3,(H,20,24). The molecule has 0 aliphatic rings. The van der Waals surface area contributed by atoms with Gasteiger partial charge in [-0.1, -0.05) is 12.1 Å². The average Bonchev–Trinajstić information content (AvgIpc) is 3.02. The van der Waals surface area contributed by atoms with Crippen LogP contribution in [0, 0.1) is 17.4 Å². The van der Waals surface area contributed by atoms with Gasteiger partial charge in [-0.2, -0.15) is 10.2 Å². The molecule has 0 aliphatic heterocycles. The molecule has 0 aliphatic carbocycles. The Morgan fingerprint density at radius 1 is 1.25 bits per heavy atom. The minimum Gasteiger partial charge on any atom is -0.321 e. The first kappa shape index (κ1) is 16.7. The van der Waals surface area contributed by atoms with E-state index in [0.717, 1.165) is 26.2 Å². The van der Waals surface area contributed by atoms with Gasteiger partial charge in [0.1, 0.15) is 5.69 Å². The highest BCUT2D eigenvalue weighted by molar-refractivity contribution is 14.1. The van der Waals surface area contributed by atoms with Gasteiger partial charge in [-0.15, -0.1) is 0 Å². The lowest BCUT2D eigenvalue weighted by Gasteiger charge is -2.08. The highest BCUT2D eigenvalue weighted by atomic mass is 127. The van der Waals surface area contributed by atoms with Gasteiger partial charge in [0.25, 0.3) is 5.91 Å². The Kier molecular flexibility index (Phi) is 4.70. The minimum absolute atomic E-state index is 0.161. The molecular formula is C17H18IN5O. The van der Waals surface area contributed by atoms with Crippen LogP contribution in [0.15, 0.2) is 36.5 Å². The van der Waals surface area contributed by atoms with Crippen molar-refractivity contribution < 1.29 is 4.79 Å². The molecule has 2 heterocycles. The molecule has 3 rings (SSSR count). The Morgan fingerprint density at radius 3 is 2.50 bits per heavy atom. The van der Waals surface area contributed by atoms with Crippen LogP contribution in [0.1, 0.15) is 27.4 Å². The third-order valence-electron chi connectivity index (χ3n) is 3.76. The number of amides is 1. The number of benzene rings is 1. The number of hydrogen-bond donors (Lipinski definition) is 1. The van der Waals surface area contributed by atoms with Gasteiger partial charge < -0.3 is 5.32 Å². The van der Waals surface area contributed by atoms with Crippen LogP contribution in [0.5, 0.6) is 0 Å². The van der Waals surface area contributed by atoms with E-state index < -0.39 is 0 Å². The fourth-order valence-corrected chi connectivity index (χ4v) is 3.28. The normalized spacial score (nSPS) is 10.8. The molecule has 0 fully saturated rings. The minimum atomic E-state index is -0.161. The zero-order valence-corrected chi connectivity index (χ0v) is 15.9. The van der Waals surface area contributed by atoms with Crippen molar-refractivity contribution in [3.8, 4) is 0 Å². The lowest BCUT2D eigenvalue weighted by Crippen LogP contribution is -2.17. The molecule has 1 aromatic carbocycles. The summed E-state index contributed by atoms with van der Waals surface area (Å²) >= 11 is 2.11. The van der Waals surface area contributed by atoms with Crippen LogP contribution in [-0.4, -0.2) is 25.5 Å². The molecule has 6 nitrogen and oxygen atoms in total. The van der Waals surface area contributed by atoms with Gasteiger partial charge >= 0.3 is 0 Å². The largest absolute Gasteiger partial charge is 0.321 e. The van der Waals surface area contributed by atoms with Gasteiger partial charge in [0.2, 0.25) is 0 Å². The molecule has 0 radical (unpaired) electrons. The molecule has 0 saturated carbocycles. The average molecular weight is 435 g/mol. The van der Waals surface area contributed by atoms with E-state index in [1.165, 1.54) is 0 Å². The number of aryl methyl sites for hydroxylation is 3. The highest BCUT2D eigenvalue weighted by Crippen LogP contribution is 2.16. The summed E-state index contributed by atoms with van der Waals surface area (Å²) in [6.45, 7) is 4.75. The van der Waals surface area contributed by atoms with Gasteiger partial charge in [-0.05, 0) is 60.2 Å². The number of nitrogens with one attached hydrogen (secondary N) is 1. The fraction of sp³-hybridized carbons (Fsp3) is 0.235. The maximum atomic E-state index is 12.3. The van der Waals surface area contributed by atoms with E-state index >= 15 is 0 Å². The van der Waals surface area contributed by atoms with Crippen LogP contribution in [0.4, 0.5) is 5.69 Å². The predicted octanol–water partition coefficient (Wildman–Crippen LogP) is 3.14. The second kappa shape index (κ2) is 6.76. The van der Waals surface area contributed by atoms with Crippen LogP contribution in [0.3, 0.4) is 0 Å². The lowest BCUT2D eigenvalue weighted by atomic mass is 10.2. The fourth-order valence-electron chi connectivity index (χ4n) is 2.56. The number of rotatable bonds is 4. The van der Waals surface area contributed by atoms with Crippen LogP contribution < -0.4 is 5.32 Å². The summed E-state index contributed by atoms with van der Waals surface area (Å²) in [7, 11) is 1.76. The molecule has 7 heteroatoms. The molecule has 1 amide bonds. The predicted molar refractivity (Wildman–Crippen MR) is 101 cm³/mol. The van der Waals surface area contributed by atoms with E-state index in [9.17, 15) is 4.79 Å². The van der Waals surface area contributed by atoms with Gasteiger partial charge in [0.05, 0.1) is 22.0 Å². The van der Waals surface area contributed by atoms with Crippen LogP contribution in [0.25, 0.3) is 0 Å². The summed E-state index contributed by atoms with van der Waals surface area (Å²) in [5, 5.41) is 11.5. The molecule has 0 atom stereocenters. The van der Waals surface area contributed by atoms with Crippen molar-refractivity contribution in [2.24, 2.45) is 7.05 Å². The highest BCUT2D eigenvalue weighted by Gasteiger charge is 2.15. The Morgan fingerprint density at radius 2 is 1.96 bits per heavy atom. The summed E-state index contributed by atoms with van der Waals surface area (Å²) < 4.78 is 4.38. The zero-order valence-electron chi connectivity index (χ0n) is 13.7. The maximum absolute atomic E-state index is 12.3. The lowest BCUT2D eigenvalue weighted by molar-refractivity contribution is 0.101. The first-order chi connectivity index (χ1) is 11.4. The van der Waals surface area contributed by atoms with Crippen molar-refractivity contribution in [1.29, 1.82) is 0 Å². The van der Waals surface area contributed by atoms with Crippen LogP contribution in [0.2, 0.25) is 0 Å². The van der Waals surface area contributed by atoms with Crippen molar-refractivity contribution in [2.75, 3.05) is 5.32 Å². The number of anilines is 1. The van der Waals surface area contributed by atoms with Gasteiger partial charge in [0, 0.05) is 18.4 Å². The Labute approximate surface area is 154 Å². The molecule has 2 aromatic heterocycles. The molecule has 24 heavy (non-hydrogen) atoms. The van der Waals surface area contributed by atoms with E-state index in [2.05, 4.69) is 44.2 Å². The van der Waals surface area contributed by atoms with E-state index in [1.54, 1.807) is 17.9 Å². The number of carbonyl (C=O) groups is 1. The smallest absolute Gasteiger partial charge is 0.275 e. The van der Waals surface area contributed by atoms with Crippen LogP contribution >= 0.6 is 22.6 Å². The molecule has 0 saturated heterocycles. The number of halogens is 1. The van der Waals surface area contributed by atoms with E-state index in [4.69, 9.17) is 0 Å². The Bertz CT molecular complexity index is 860. The summed E-state index contributed by atoms with van der Waals surface area (Å²) in [5.41, 5.74) is 4.60. The first-order valence-electron chi connectivity index (χ1n) is 7.53. The molecule has 0 unspecified atom stereocenters. The molecular weight excluding hydrogens is 417 g/mol. The van der Waals surface area contributed by atoms with Gasteiger partial charge in [-0.3, -0.25) is 14.2 Å². The monoisotopic (exact) mass is 435 g/mol. The molecule has 124 valence electrons. The second-order valence-electron chi connectivity index (χ2n) is 5.70. The topological polar surface area (TPSA) is 64.7 Å². The number of nitrogens with zero attached hydrogens (tertiary/aromatic N) is 4. The Balaban J connectivity index is 1.71. The second-order valence-corrected chi connectivity index (χ2v) is 6.86. The first-order valence-corrected chi connectivity index (χ1v) is 8.61. The van der Waals surface area contributed by atoms with Crippen LogP contribution in [-0.2, 0) is 13.6 Å². The zero-order chi connectivity index (χ0) is 17.3. The summed E-state index contributed by atoms with van der Waals surface area (Å²) in [6, 6.07) is 9.87. The molecule has 1 N–H and O–H groups in total. The summed E-state index contributed by atoms with van der Waals surface area (Å²) in [4.78, 5) is 12.3. The summed E-state index contributed by atoms with van der Waals surface area (Å²) in [5.74, 6) is -0.161. The molecule has 0 bridgehead atoms. The van der Waals surface area contributed by atoms with Crippen molar-refractivity contribution in [1.82, 2.24) is 19.6 Å². The van der Waals surface area contributed by atoms with Crippen molar-refractivity contribution in [3.63, 3.8) is 0 Å². The van der Waals surface area contributed by atoms with Crippen molar-refractivity contribution in [3.05, 3.63) is 62.7 Å². The number of carbonyl (C=O) groups excluding carboxylic acids is 1. The van der Waals surface area contributed by atoms with E-state index in [1.807, 2.05) is 42.8 Å². The van der Waals surface area contributed by atoms with Crippen molar-refractivity contribution >= 4 is 34.2 Å². The molecule has 3 aromatic rings. The van der Waals surface area contributed by atoms with E-state index in [0.29, 0.717) is 12.2 Å². The summed E-state index contributed by atoms with van der Waals surface area (Å²) in [6.07, 6.45) is 1.67. The maximum Gasteiger partial charge on any atom is 0.275 e. The van der Waals surface area contributed by atoms with E-state index in [-0.39, 0.29) is 5.91 Å².